The van der Waals surface area contributed by atoms with Gasteiger partial charge in [0.25, 0.3) is 5.56 Å². The first kappa shape index (κ1) is 25.0. The molecular formula is C29H37N7O. The zero-order valence-electron chi connectivity index (χ0n) is 22.2. The quantitative estimate of drug-likeness (QED) is 0.377. The molecule has 1 aliphatic carbocycles. The summed E-state index contributed by atoms with van der Waals surface area (Å²) < 4.78 is 3.70. The van der Waals surface area contributed by atoms with Crippen LogP contribution in [0.4, 0.5) is 11.8 Å². The Balaban J connectivity index is 1.16. The molecule has 2 aromatic carbocycles. The predicted molar refractivity (Wildman–Crippen MR) is 151 cm³/mol. The number of nitrogens with one attached hydrogen (secondary N) is 2. The number of benzene rings is 2. The molecule has 5 rings (SSSR count). The summed E-state index contributed by atoms with van der Waals surface area (Å²) in [5.41, 5.74) is 3.75. The van der Waals surface area contributed by atoms with Gasteiger partial charge < -0.3 is 15.5 Å². The normalized spacial score (nSPS) is 17.7. The Hall–Kier alpha value is -3.65. The van der Waals surface area contributed by atoms with Crippen LogP contribution in [0, 0.1) is 12.8 Å². The van der Waals surface area contributed by atoms with Crippen molar-refractivity contribution < 1.29 is 0 Å². The van der Waals surface area contributed by atoms with Crippen molar-refractivity contribution in [3.05, 3.63) is 76.2 Å². The summed E-state index contributed by atoms with van der Waals surface area (Å²) in [5, 5.41) is 8.23. The van der Waals surface area contributed by atoms with Crippen molar-refractivity contribution in [3.8, 4) is 5.69 Å². The highest BCUT2D eigenvalue weighted by atomic mass is 16.1. The molecule has 4 aromatic rings. The number of nitrogens with zero attached hydrogens (tertiary/aromatic N) is 5. The van der Waals surface area contributed by atoms with Crippen molar-refractivity contribution >= 4 is 22.7 Å². The van der Waals surface area contributed by atoms with E-state index in [0.29, 0.717) is 24.5 Å². The second-order valence-corrected chi connectivity index (χ2v) is 10.3. The molecule has 0 unspecified atom stereocenters. The molecule has 8 heteroatoms. The molecule has 1 fully saturated rings. The molecule has 8 nitrogen and oxygen atoms in total. The van der Waals surface area contributed by atoms with E-state index in [-0.39, 0.29) is 5.56 Å². The number of anilines is 2. The molecule has 0 spiro atoms. The van der Waals surface area contributed by atoms with Crippen LogP contribution in [0.5, 0.6) is 0 Å². The van der Waals surface area contributed by atoms with Crippen molar-refractivity contribution in [2.24, 2.45) is 13.0 Å². The molecule has 1 aliphatic rings. The molecule has 0 amide bonds. The van der Waals surface area contributed by atoms with E-state index in [0.717, 1.165) is 65.9 Å². The Kier molecular flexibility index (Phi) is 7.28. The van der Waals surface area contributed by atoms with E-state index in [4.69, 9.17) is 9.97 Å². The highest BCUT2D eigenvalue weighted by Gasteiger charge is 2.23. The molecule has 37 heavy (non-hydrogen) atoms. The van der Waals surface area contributed by atoms with Crippen LogP contribution in [-0.2, 0) is 13.6 Å². The third-order valence-electron chi connectivity index (χ3n) is 7.59. The summed E-state index contributed by atoms with van der Waals surface area (Å²) >= 11 is 0. The van der Waals surface area contributed by atoms with E-state index in [1.54, 1.807) is 4.68 Å². The number of aromatic nitrogens is 4. The molecule has 1 saturated carbocycles. The first-order chi connectivity index (χ1) is 17.9. The molecule has 0 atom stereocenters. The smallest absolute Gasteiger partial charge is 0.276 e. The molecule has 2 heterocycles. The second-order valence-electron chi connectivity index (χ2n) is 10.3. The van der Waals surface area contributed by atoms with Gasteiger partial charge in [0.15, 0.2) is 0 Å². The van der Waals surface area contributed by atoms with Crippen LogP contribution in [0.15, 0.2) is 59.4 Å². The highest BCUT2D eigenvalue weighted by Crippen LogP contribution is 2.28. The van der Waals surface area contributed by atoms with E-state index >= 15 is 0 Å². The molecule has 0 bridgehead atoms. The lowest BCUT2D eigenvalue weighted by molar-refractivity contribution is 0.323. The molecule has 0 saturated heterocycles. The summed E-state index contributed by atoms with van der Waals surface area (Å²) in [4.78, 5) is 24.7. The standard InChI is InChI=1S/C29H37N7O/c1-20-25(28(37)36(35(20)4)23-10-6-5-7-11-23)19-30-18-21-14-16-22(17-15-21)31-29-32-26-13-9-8-12-24(26)27(33-29)34(2)3/h5-13,21-22,30H,14-19H2,1-4H3,(H,31,32,33)/t21-,22+. The van der Waals surface area contributed by atoms with Crippen molar-refractivity contribution in [3.63, 3.8) is 0 Å². The van der Waals surface area contributed by atoms with Gasteiger partial charge in [-0.25, -0.2) is 9.67 Å². The third kappa shape index (κ3) is 5.25. The van der Waals surface area contributed by atoms with E-state index in [1.165, 1.54) is 0 Å². The predicted octanol–water partition coefficient (Wildman–Crippen LogP) is 4.25. The van der Waals surface area contributed by atoms with Gasteiger partial charge in [-0.2, -0.15) is 4.98 Å². The van der Waals surface area contributed by atoms with E-state index in [2.05, 4.69) is 16.7 Å². The number of fused-ring (bicyclic) bond motifs is 1. The summed E-state index contributed by atoms with van der Waals surface area (Å²) in [6.45, 7) is 3.53. The molecular weight excluding hydrogens is 462 g/mol. The monoisotopic (exact) mass is 499 g/mol. The average Bonchev–Trinajstić information content (AvgIpc) is 3.12. The number of rotatable bonds is 8. The van der Waals surface area contributed by atoms with Crippen molar-refractivity contribution in [2.75, 3.05) is 30.9 Å². The minimum Gasteiger partial charge on any atom is -0.362 e. The third-order valence-corrected chi connectivity index (χ3v) is 7.59. The maximum Gasteiger partial charge on any atom is 0.276 e. The van der Waals surface area contributed by atoms with Crippen LogP contribution < -0.4 is 21.1 Å². The fraction of sp³-hybridized carbons (Fsp3) is 0.414. The summed E-state index contributed by atoms with van der Waals surface area (Å²) in [6.07, 6.45) is 4.46. The number of hydrogen-bond donors (Lipinski definition) is 2. The van der Waals surface area contributed by atoms with Gasteiger partial charge in [0.1, 0.15) is 5.82 Å². The fourth-order valence-corrected chi connectivity index (χ4v) is 5.39. The molecule has 2 N–H and O–H groups in total. The van der Waals surface area contributed by atoms with Crippen LogP contribution in [0.2, 0.25) is 0 Å². The van der Waals surface area contributed by atoms with Crippen LogP contribution in [0.25, 0.3) is 16.6 Å². The van der Waals surface area contributed by atoms with Gasteiger partial charge in [-0.1, -0.05) is 30.3 Å². The van der Waals surface area contributed by atoms with E-state index in [1.807, 2.05) is 86.2 Å². The Morgan fingerprint density at radius 2 is 1.68 bits per heavy atom. The highest BCUT2D eigenvalue weighted by molar-refractivity contribution is 5.90. The van der Waals surface area contributed by atoms with Gasteiger partial charge in [0.2, 0.25) is 5.95 Å². The topological polar surface area (TPSA) is 80.0 Å². The van der Waals surface area contributed by atoms with Crippen molar-refractivity contribution in [1.29, 1.82) is 0 Å². The molecule has 2 aromatic heterocycles. The van der Waals surface area contributed by atoms with E-state index < -0.39 is 0 Å². The second kappa shape index (κ2) is 10.8. The minimum atomic E-state index is 0.0547. The Bertz CT molecular complexity index is 1420. The molecule has 0 aliphatic heterocycles. The Morgan fingerprint density at radius 1 is 0.973 bits per heavy atom. The minimum absolute atomic E-state index is 0.0547. The molecule has 194 valence electrons. The first-order valence-electron chi connectivity index (χ1n) is 13.2. The van der Waals surface area contributed by atoms with Gasteiger partial charge in [0.05, 0.1) is 16.8 Å². The maximum absolute atomic E-state index is 13.1. The fourth-order valence-electron chi connectivity index (χ4n) is 5.39. The zero-order chi connectivity index (χ0) is 25.9. The first-order valence-corrected chi connectivity index (χ1v) is 13.2. The van der Waals surface area contributed by atoms with Crippen molar-refractivity contribution in [2.45, 2.75) is 45.2 Å². The van der Waals surface area contributed by atoms with Crippen LogP contribution >= 0.6 is 0 Å². The molecule has 0 radical (unpaired) electrons. The summed E-state index contributed by atoms with van der Waals surface area (Å²) in [7, 11) is 5.98. The zero-order valence-corrected chi connectivity index (χ0v) is 22.2. The van der Waals surface area contributed by atoms with Crippen LogP contribution in [0.1, 0.15) is 36.9 Å². The van der Waals surface area contributed by atoms with Crippen molar-refractivity contribution in [1.82, 2.24) is 24.6 Å². The van der Waals surface area contributed by atoms with Crippen LogP contribution in [0.3, 0.4) is 0 Å². The Morgan fingerprint density at radius 3 is 2.41 bits per heavy atom. The van der Waals surface area contributed by atoms with Gasteiger partial charge in [-0.3, -0.25) is 9.48 Å². The van der Waals surface area contributed by atoms with Crippen LogP contribution in [-0.4, -0.2) is 46.0 Å². The van der Waals surface area contributed by atoms with Gasteiger partial charge in [-0.05, 0) is 69.3 Å². The van der Waals surface area contributed by atoms with Gasteiger partial charge in [-0.15, -0.1) is 0 Å². The summed E-state index contributed by atoms with van der Waals surface area (Å²) in [6, 6.07) is 18.4. The lowest BCUT2D eigenvalue weighted by atomic mass is 9.86. The maximum atomic E-state index is 13.1. The largest absolute Gasteiger partial charge is 0.362 e. The van der Waals surface area contributed by atoms with Gasteiger partial charge in [0, 0.05) is 44.8 Å². The number of hydrogen-bond acceptors (Lipinski definition) is 6. The summed E-state index contributed by atoms with van der Waals surface area (Å²) in [5.74, 6) is 2.25. The van der Waals surface area contributed by atoms with E-state index in [9.17, 15) is 4.79 Å². The van der Waals surface area contributed by atoms with Gasteiger partial charge >= 0.3 is 0 Å². The SMILES string of the molecule is Cc1c(CNC[C@H]2CC[C@@H](Nc3nc(N(C)C)c4ccccc4n3)CC2)c(=O)n(-c2ccccc2)n1C. The average molecular weight is 500 g/mol. The lowest BCUT2D eigenvalue weighted by Crippen LogP contribution is -2.32. The number of para-hydroxylation sites is 2. The Labute approximate surface area is 218 Å². The lowest BCUT2D eigenvalue weighted by Gasteiger charge is -2.29.